The maximum atomic E-state index is 9.00. The van der Waals surface area contributed by atoms with Gasteiger partial charge in [0.1, 0.15) is 0 Å². The molecule has 0 aromatic carbocycles. The summed E-state index contributed by atoms with van der Waals surface area (Å²) >= 11 is 0. The molecule has 0 rings (SSSR count). The van der Waals surface area contributed by atoms with Crippen LogP contribution >= 0.6 is 0 Å². The molecule has 0 saturated carbocycles. The van der Waals surface area contributed by atoms with Crippen LogP contribution in [0.1, 0.15) is 0 Å². The van der Waals surface area contributed by atoms with Crippen LogP contribution in [0.2, 0.25) is 0 Å². The van der Waals surface area contributed by atoms with Crippen LogP contribution in [0, 0.1) is 25.6 Å². The Bertz CT molecular complexity index is 162. The summed E-state index contributed by atoms with van der Waals surface area (Å²) in [6.07, 6.45) is 0. The fraction of sp³-hybridized carbons (Fsp3) is 0. The molecule has 0 radical (unpaired) electrons. The summed E-state index contributed by atoms with van der Waals surface area (Å²) in [5.41, 5.74) is 17.4. The van der Waals surface area contributed by atoms with Gasteiger partial charge < -0.3 is 22.9 Å². The lowest BCUT2D eigenvalue weighted by Gasteiger charge is -1.69. The number of urea groups is 1. The summed E-state index contributed by atoms with van der Waals surface area (Å²) in [5, 5.41) is 21.2. The van der Waals surface area contributed by atoms with E-state index in [2.05, 4.69) is 34.6 Å². The SMILES string of the molecule is N=C(N)N.NC(N)=O.N[N+](=O)[O-].N[N+](=O)[O-]. The molecule has 0 spiro atoms. The minimum absolute atomic E-state index is 0.333. The lowest BCUT2D eigenvalue weighted by Crippen LogP contribution is -2.20. The van der Waals surface area contributed by atoms with Gasteiger partial charge in [-0.2, -0.15) is 11.7 Å². The number of nitrogens with zero attached hydrogens (tertiary/aromatic N) is 2. The van der Waals surface area contributed by atoms with Crippen LogP contribution in [0.3, 0.4) is 0 Å². The number of nitrogens with one attached hydrogen (secondary N) is 1. The zero-order valence-corrected chi connectivity index (χ0v) is 7.90. The first kappa shape index (κ1) is 23.1. The van der Waals surface area contributed by atoms with E-state index in [0.29, 0.717) is 0 Å². The number of hydrogen-bond acceptors (Lipinski definition) is 6. The normalized spacial score (nSPS) is 6.00. The number of nitrogens with two attached hydrogens (primary N) is 6. The fourth-order valence-corrected chi connectivity index (χ4v) is 0. The molecule has 0 saturated heterocycles. The molecule has 0 atom stereocenters. The molecule has 0 fully saturated rings. The molecule has 0 aliphatic heterocycles. The van der Waals surface area contributed by atoms with Crippen LogP contribution in [-0.2, 0) is 0 Å². The zero-order chi connectivity index (χ0) is 14.3. The van der Waals surface area contributed by atoms with Crippen LogP contribution in [0.25, 0.3) is 0 Å². The molecule has 0 aliphatic carbocycles. The summed E-state index contributed by atoms with van der Waals surface area (Å²) in [5.74, 6) is 7.33. The van der Waals surface area contributed by atoms with Gasteiger partial charge in [-0.25, -0.2) is 25.0 Å². The summed E-state index contributed by atoms with van der Waals surface area (Å²) in [7, 11) is 0. The smallest absolute Gasteiger partial charge is 0.309 e. The van der Waals surface area contributed by atoms with Crippen molar-refractivity contribution in [1.29, 1.82) is 5.41 Å². The van der Waals surface area contributed by atoms with Crippen molar-refractivity contribution >= 4 is 12.0 Å². The molecule has 0 aromatic rings. The quantitative estimate of drug-likeness (QED) is 0.0718. The van der Waals surface area contributed by atoms with E-state index in [9.17, 15) is 0 Å². The van der Waals surface area contributed by atoms with Crippen LogP contribution in [0.4, 0.5) is 4.79 Å². The monoisotopic (exact) mass is 243 g/mol. The molecule has 14 heteroatoms. The van der Waals surface area contributed by atoms with Crippen LogP contribution in [0.5, 0.6) is 0 Å². The Labute approximate surface area is 88.3 Å². The number of carbonyl (C=O) groups excluding carboxylic acids is 1. The van der Waals surface area contributed by atoms with E-state index >= 15 is 0 Å². The number of nitro groups is 2. The number of hydrazine groups is 2. The number of guanidine groups is 1. The van der Waals surface area contributed by atoms with Crippen molar-refractivity contribution < 1.29 is 14.9 Å². The molecular formula is C2H13N9O5. The number of hydrogen-bond donors (Lipinski definition) is 7. The van der Waals surface area contributed by atoms with E-state index in [1.165, 1.54) is 0 Å². The van der Waals surface area contributed by atoms with Crippen LogP contribution in [-0.4, -0.2) is 22.1 Å². The highest BCUT2D eigenvalue weighted by Gasteiger charge is 1.60. The van der Waals surface area contributed by atoms with Crippen LogP contribution in [0.15, 0.2) is 0 Å². The Morgan fingerprint density at radius 3 is 0.938 bits per heavy atom. The van der Waals surface area contributed by atoms with Crippen molar-refractivity contribution in [1.82, 2.24) is 0 Å². The highest BCUT2D eigenvalue weighted by molar-refractivity contribution is 5.71. The van der Waals surface area contributed by atoms with Crippen molar-refractivity contribution in [3.8, 4) is 0 Å². The molecule has 2 amide bonds. The van der Waals surface area contributed by atoms with Gasteiger partial charge in [0.05, 0.1) is 0 Å². The van der Waals surface area contributed by atoms with Gasteiger partial charge >= 0.3 is 6.03 Å². The largest absolute Gasteiger partial charge is 0.370 e. The van der Waals surface area contributed by atoms with Crippen molar-refractivity contribution in [2.24, 2.45) is 34.6 Å². The van der Waals surface area contributed by atoms with E-state index in [4.69, 9.17) is 30.4 Å². The maximum Gasteiger partial charge on any atom is 0.309 e. The molecular weight excluding hydrogens is 230 g/mol. The molecule has 13 N–H and O–H groups in total. The summed E-state index contributed by atoms with van der Waals surface area (Å²) in [6, 6.07) is -0.833. The average Bonchev–Trinajstić information content (AvgIpc) is 1.76. The van der Waals surface area contributed by atoms with Crippen molar-refractivity contribution in [2.75, 3.05) is 0 Å². The Hall–Kier alpha value is -3.06. The summed E-state index contributed by atoms with van der Waals surface area (Å²) in [6.45, 7) is 0. The van der Waals surface area contributed by atoms with E-state index in [1.807, 2.05) is 0 Å². The number of primary amides is 2. The second kappa shape index (κ2) is 17.9. The average molecular weight is 243 g/mol. The maximum absolute atomic E-state index is 9.00. The minimum Gasteiger partial charge on any atom is -0.370 e. The van der Waals surface area contributed by atoms with E-state index in [0.717, 1.165) is 0 Å². The van der Waals surface area contributed by atoms with Gasteiger partial charge in [-0.1, -0.05) is 0 Å². The molecule has 14 nitrogen and oxygen atoms in total. The van der Waals surface area contributed by atoms with Crippen LogP contribution < -0.4 is 34.6 Å². The van der Waals surface area contributed by atoms with Gasteiger partial charge in [-0.05, 0) is 0 Å². The molecule has 96 valence electrons. The highest BCUT2D eigenvalue weighted by Crippen LogP contribution is 1.29. The molecule has 0 aromatic heterocycles. The Morgan fingerprint density at radius 2 is 0.938 bits per heavy atom. The topological polar surface area (TPSA) is 283 Å². The summed E-state index contributed by atoms with van der Waals surface area (Å²) < 4.78 is 0. The van der Waals surface area contributed by atoms with Gasteiger partial charge in [0.25, 0.3) is 0 Å². The number of rotatable bonds is 0. The summed E-state index contributed by atoms with van der Waals surface area (Å²) in [4.78, 5) is 26.2. The standard InChI is InChI=1S/CH5N3.CH4N2O.2H2N2O2/c2*2-1(3)4;2*1-2(3)4/h(H5,2,3,4);(H4,2,3,4);2*1H2. The van der Waals surface area contributed by atoms with Gasteiger partial charge in [0.15, 0.2) is 16.0 Å². The van der Waals surface area contributed by atoms with Gasteiger partial charge in [0.2, 0.25) is 0 Å². The molecule has 0 aliphatic rings. The number of carbonyl (C=O) groups is 1. The Balaban J connectivity index is -0.0000000600. The Kier molecular flexibility index (Phi) is 25.8. The third-order valence-corrected chi connectivity index (χ3v) is 0. The number of amides is 2. The molecule has 0 bridgehead atoms. The predicted octanol–water partition coefficient (Wildman–Crippen LogP) is -3.86. The third-order valence-electron chi connectivity index (χ3n) is 0. The molecule has 16 heavy (non-hydrogen) atoms. The second-order valence-corrected chi connectivity index (χ2v) is 1.43. The predicted molar refractivity (Wildman–Crippen MR) is 52.2 cm³/mol. The van der Waals surface area contributed by atoms with E-state index in [-0.39, 0.29) is 5.96 Å². The minimum atomic E-state index is -1.00. The van der Waals surface area contributed by atoms with Gasteiger partial charge in [-0.15, -0.1) is 0 Å². The highest BCUT2D eigenvalue weighted by atomic mass is 16.7. The third kappa shape index (κ3) is 115. The van der Waals surface area contributed by atoms with Gasteiger partial charge in [-0.3, -0.25) is 5.41 Å². The Morgan fingerprint density at radius 1 is 0.938 bits per heavy atom. The lowest BCUT2D eigenvalue weighted by molar-refractivity contribution is -0.491. The molecule has 0 heterocycles. The first-order valence-corrected chi connectivity index (χ1v) is 2.86. The van der Waals surface area contributed by atoms with Gasteiger partial charge in [0, 0.05) is 0 Å². The second-order valence-electron chi connectivity index (χ2n) is 1.43. The van der Waals surface area contributed by atoms with E-state index < -0.39 is 16.1 Å². The van der Waals surface area contributed by atoms with E-state index in [1.54, 1.807) is 0 Å². The first-order chi connectivity index (χ1) is 6.93. The van der Waals surface area contributed by atoms with Crippen molar-refractivity contribution in [3.63, 3.8) is 0 Å². The first-order valence-electron chi connectivity index (χ1n) is 2.86. The van der Waals surface area contributed by atoms with Crippen molar-refractivity contribution in [2.45, 2.75) is 0 Å². The van der Waals surface area contributed by atoms with Crippen molar-refractivity contribution in [3.05, 3.63) is 20.2 Å². The lowest BCUT2D eigenvalue weighted by atomic mass is 11.1. The molecule has 0 unspecified atom stereocenters. The fourth-order valence-electron chi connectivity index (χ4n) is 0. The zero-order valence-electron chi connectivity index (χ0n) is 7.90.